The van der Waals surface area contributed by atoms with Crippen LogP contribution in [0.15, 0.2) is 29.5 Å². The van der Waals surface area contributed by atoms with Crippen molar-refractivity contribution in [2.45, 2.75) is 26.4 Å². The zero-order chi connectivity index (χ0) is 18.2. The predicted molar refractivity (Wildman–Crippen MR) is 114 cm³/mol. The van der Waals surface area contributed by atoms with Crippen LogP contribution < -0.4 is 15.5 Å². The van der Waals surface area contributed by atoms with Gasteiger partial charge in [-0.3, -0.25) is 4.99 Å². The molecule has 2 N–H and O–H groups in total. The molecule has 26 heavy (non-hydrogen) atoms. The molecule has 9 heteroatoms. The maximum absolute atomic E-state index is 14.0. The monoisotopic (exact) mass is 475 g/mol. The summed E-state index contributed by atoms with van der Waals surface area (Å²) in [5.41, 5.74) is 1.44. The molecule has 0 spiro atoms. The van der Waals surface area contributed by atoms with Gasteiger partial charge in [0.15, 0.2) is 5.96 Å². The molecule has 7 nitrogen and oxygen atoms in total. The van der Waals surface area contributed by atoms with Gasteiger partial charge in [-0.1, -0.05) is 13.0 Å². The molecule has 0 aliphatic rings. The second kappa shape index (κ2) is 10.9. The summed E-state index contributed by atoms with van der Waals surface area (Å²) in [6.45, 7) is 3.99. The zero-order valence-corrected chi connectivity index (χ0v) is 18.0. The summed E-state index contributed by atoms with van der Waals surface area (Å²) >= 11 is 0. The standard InChI is InChI=1S/C17H26FN7.HI/c1-5-16-23-22-12-25(16)9-8-20-17(19-2)21-11-13-6-7-15(24(3)4)14(18)10-13;/h6-7,10,12H,5,8-9,11H2,1-4H3,(H2,19,20,21);1H. The number of nitrogens with one attached hydrogen (secondary N) is 2. The van der Waals surface area contributed by atoms with Crippen LogP contribution in [0.1, 0.15) is 18.3 Å². The fourth-order valence-electron chi connectivity index (χ4n) is 2.46. The van der Waals surface area contributed by atoms with Crippen molar-refractivity contribution in [3.05, 3.63) is 41.7 Å². The Labute approximate surface area is 171 Å². The summed E-state index contributed by atoms with van der Waals surface area (Å²) < 4.78 is 16.0. The van der Waals surface area contributed by atoms with Gasteiger partial charge in [-0.05, 0) is 17.7 Å². The first-order valence-electron chi connectivity index (χ1n) is 8.32. The molecule has 144 valence electrons. The largest absolute Gasteiger partial charge is 0.375 e. The van der Waals surface area contributed by atoms with Gasteiger partial charge in [0.1, 0.15) is 18.0 Å². The Morgan fingerprint density at radius 2 is 2.08 bits per heavy atom. The molecule has 2 rings (SSSR count). The quantitative estimate of drug-likeness (QED) is 0.365. The van der Waals surface area contributed by atoms with Crippen LogP contribution in [-0.2, 0) is 19.5 Å². The average molecular weight is 475 g/mol. The van der Waals surface area contributed by atoms with Crippen LogP contribution in [0.5, 0.6) is 0 Å². The van der Waals surface area contributed by atoms with E-state index in [1.807, 2.05) is 24.7 Å². The van der Waals surface area contributed by atoms with E-state index in [4.69, 9.17) is 0 Å². The van der Waals surface area contributed by atoms with Gasteiger partial charge in [0.2, 0.25) is 0 Å². The van der Waals surface area contributed by atoms with E-state index in [9.17, 15) is 4.39 Å². The molecule has 1 heterocycles. The molecule has 0 amide bonds. The van der Waals surface area contributed by atoms with Crippen molar-refractivity contribution in [2.75, 3.05) is 32.6 Å². The molecule has 0 saturated heterocycles. The van der Waals surface area contributed by atoms with E-state index in [0.717, 1.165) is 24.4 Å². The lowest BCUT2D eigenvalue weighted by Gasteiger charge is -2.15. The number of rotatable bonds is 7. The van der Waals surface area contributed by atoms with Gasteiger partial charge < -0.3 is 20.1 Å². The number of aryl methyl sites for hydroxylation is 1. The summed E-state index contributed by atoms with van der Waals surface area (Å²) in [6, 6.07) is 5.23. The van der Waals surface area contributed by atoms with E-state index in [2.05, 4.69) is 32.7 Å². The highest BCUT2D eigenvalue weighted by Crippen LogP contribution is 2.18. The Hall–Kier alpha value is -1.91. The van der Waals surface area contributed by atoms with Crippen LogP contribution in [-0.4, -0.2) is 48.4 Å². The first-order valence-corrected chi connectivity index (χ1v) is 8.32. The van der Waals surface area contributed by atoms with Gasteiger partial charge in [0.05, 0.1) is 5.69 Å². The Morgan fingerprint density at radius 1 is 1.31 bits per heavy atom. The van der Waals surface area contributed by atoms with E-state index in [1.54, 1.807) is 30.4 Å². The maximum Gasteiger partial charge on any atom is 0.191 e. The molecule has 1 aromatic carbocycles. The van der Waals surface area contributed by atoms with Gasteiger partial charge in [0, 0.05) is 47.2 Å². The second-order valence-electron chi connectivity index (χ2n) is 5.83. The first-order chi connectivity index (χ1) is 12.0. The molecule has 2 aromatic rings. The molecule has 0 fully saturated rings. The third-order valence-electron chi connectivity index (χ3n) is 3.83. The molecule has 0 saturated carbocycles. The van der Waals surface area contributed by atoms with E-state index < -0.39 is 0 Å². The molecule has 1 aromatic heterocycles. The molecule has 0 atom stereocenters. The molecule has 0 aliphatic carbocycles. The maximum atomic E-state index is 14.0. The lowest BCUT2D eigenvalue weighted by atomic mass is 10.2. The Balaban J connectivity index is 0.00000338. The number of guanidine groups is 1. The molecule has 0 aliphatic heterocycles. The van der Waals surface area contributed by atoms with Crippen LogP contribution in [0.3, 0.4) is 0 Å². The van der Waals surface area contributed by atoms with Gasteiger partial charge >= 0.3 is 0 Å². The summed E-state index contributed by atoms with van der Waals surface area (Å²) in [5, 5.41) is 14.4. The highest BCUT2D eigenvalue weighted by atomic mass is 127. The minimum absolute atomic E-state index is 0. The fraction of sp³-hybridized carbons (Fsp3) is 0.471. The summed E-state index contributed by atoms with van der Waals surface area (Å²) in [4.78, 5) is 5.94. The number of hydrogen-bond donors (Lipinski definition) is 2. The molecule has 0 radical (unpaired) electrons. The van der Waals surface area contributed by atoms with E-state index in [0.29, 0.717) is 24.7 Å². The lowest BCUT2D eigenvalue weighted by molar-refractivity contribution is 0.621. The third-order valence-corrected chi connectivity index (χ3v) is 3.83. The molecule has 0 unspecified atom stereocenters. The number of nitrogens with zero attached hydrogens (tertiary/aromatic N) is 5. The van der Waals surface area contributed by atoms with Crippen LogP contribution >= 0.6 is 24.0 Å². The number of anilines is 1. The number of halogens is 2. The highest BCUT2D eigenvalue weighted by Gasteiger charge is 2.06. The summed E-state index contributed by atoms with van der Waals surface area (Å²) in [7, 11) is 5.35. The van der Waals surface area contributed by atoms with Crippen LogP contribution in [0, 0.1) is 5.82 Å². The normalized spacial score (nSPS) is 11.0. The van der Waals surface area contributed by atoms with E-state index >= 15 is 0 Å². The number of benzene rings is 1. The zero-order valence-electron chi connectivity index (χ0n) is 15.7. The SMILES string of the molecule is CCc1nncn1CCNC(=NC)NCc1ccc(N(C)C)c(F)c1.I. The van der Waals surface area contributed by atoms with Crippen LogP contribution in [0.25, 0.3) is 0 Å². The smallest absolute Gasteiger partial charge is 0.191 e. The van der Waals surface area contributed by atoms with Crippen molar-refractivity contribution in [2.24, 2.45) is 4.99 Å². The van der Waals surface area contributed by atoms with Crippen molar-refractivity contribution >= 4 is 35.6 Å². The lowest BCUT2D eigenvalue weighted by Crippen LogP contribution is -2.38. The van der Waals surface area contributed by atoms with Gasteiger partial charge in [-0.25, -0.2) is 4.39 Å². The van der Waals surface area contributed by atoms with Crippen molar-refractivity contribution in [1.29, 1.82) is 0 Å². The van der Waals surface area contributed by atoms with E-state index in [-0.39, 0.29) is 29.8 Å². The Kier molecular flexibility index (Phi) is 9.31. The highest BCUT2D eigenvalue weighted by molar-refractivity contribution is 14.0. The van der Waals surface area contributed by atoms with Gasteiger partial charge in [-0.2, -0.15) is 0 Å². The number of hydrogen-bond acceptors (Lipinski definition) is 4. The predicted octanol–water partition coefficient (Wildman–Crippen LogP) is 2.03. The van der Waals surface area contributed by atoms with Crippen molar-refractivity contribution in [1.82, 2.24) is 25.4 Å². The van der Waals surface area contributed by atoms with Gasteiger partial charge in [-0.15, -0.1) is 34.2 Å². The summed E-state index contributed by atoms with van der Waals surface area (Å²) in [6.07, 6.45) is 2.58. The second-order valence-corrected chi connectivity index (χ2v) is 5.83. The fourth-order valence-corrected chi connectivity index (χ4v) is 2.46. The minimum Gasteiger partial charge on any atom is -0.375 e. The van der Waals surface area contributed by atoms with E-state index in [1.165, 1.54) is 0 Å². The third kappa shape index (κ3) is 6.11. The first kappa shape index (κ1) is 22.1. The Morgan fingerprint density at radius 3 is 2.69 bits per heavy atom. The van der Waals surface area contributed by atoms with Crippen molar-refractivity contribution < 1.29 is 4.39 Å². The van der Waals surface area contributed by atoms with Crippen molar-refractivity contribution in [3.8, 4) is 0 Å². The number of aliphatic imine (C=N–C) groups is 1. The van der Waals surface area contributed by atoms with Crippen molar-refractivity contribution in [3.63, 3.8) is 0 Å². The molecular formula is C17H27FIN7. The summed E-state index contributed by atoms with van der Waals surface area (Å²) in [5.74, 6) is 1.40. The molecule has 0 bridgehead atoms. The number of aromatic nitrogens is 3. The van der Waals surface area contributed by atoms with Gasteiger partial charge in [0.25, 0.3) is 0 Å². The van der Waals surface area contributed by atoms with Crippen LogP contribution in [0.2, 0.25) is 0 Å². The topological polar surface area (TPSA) is 70.4 Å². The minimum atomic E-state index is -0.230. The molecular weight excluding hydrogens is 448 g/mol. The Bertz CT molecular complexity index is 715. The average Bonchev–Trinajstić information content (AvgIpc) is 3.05. The van der Waals surface area contributed by atoms with Crippen LogP contribution in [0.4, 0.5) is 10.1 Å².